The van der Waals surface area contributed by atoms with Crippen LogP contribution >= 0.6 is 11.8 Å². The Morgan fingerprint density at radius 1 is 1.30 bits per heavy atom. The molecule has 1 aromatic carbocycles. The minimum absolute atomic E-state index is 0.214. The Balaban J connectivity index is 1.55. The molecule has 0 bridgehead atoms. The van der Waals surface area contributed by atoms with Crippen molar-refractivity contribution in [2.45, 2.75) is 36.3 Å². The molecule has 3 rings (SSSR count). The van der Waals surface area contributed by atoms with E-state index in [1.165, 1.54) is 11.8 Å². The molecule has 1 aliphatic carbocycles. The zero-order valence-electron chi connectivity index (χ0n) is 12.6. The lowest BCUT2D eigenvalue weighted by atomic mass is 10.2. The molecule has 1 aliphatic rings. The summed E-state index contributed by atoms with van der Waals surface area (Å²) in [6, 6.07) is 9.41. The number of aromatic nitrogens is 1. The van der Waals surface area contributed by atoms with Crippen LogP contribution < -0.4 is 10.6 Å². The Morgan fingerprint density at radius 3 is 2.74 bits per heavy atom. The van der Waals surface area contributed by atoms with Crippen molar-refractivity contribution in [3.8, 4) is 11.3 Å². The topological polar surface area (TPSA) is 84.2 Å². The van der Waals surface area contributed by atoms with Gasteiger partial charge in [-0.3, -0.25) is 10.1 Å². The van der Waals surface area contributed by atoms with E-state index in [1.807, 2.05) is 30.3 Å². The molecule has 0 aliphatic heterocycles. The van der Waals surface area contributed by atoms with E-state index in [-0.39, 0.29) is 11.9 Å². The van der Waals surface area contributed by atoms with Gasteiger partial charge in [0.15, 0.2) is 0 Å². The van der Waals surface area contributed by atoms with Gasteiger partial charge in [0.1, 0.15) is 12.0 Å². The number of oxazole rings is 1. The van der Waals surface area contributed by atoms with Crippen molar-refractivity contribution in [3.63, 3.8) is 0 Å². The summed E-state index contributed by atoms with van der Waals surface area (Å²) < 4.78 is 5.39. The van der Waals surface area contributed by atoms with Crippen molar-refractivity contribution in [3.05, 3.63) is 36.6 Å². The summed E-state index contributed by atoms with van der Waals surface area (Å²) in [5.41, 5.74) is 1.66. The second-order valence-electron chi connectivity index (χ2n) is 5.36. The van der Waals surface area contributed by atoms with Crippen molar-refractivity contribution in [2.75, 3.05) is 0 Å². The van der Waals surface area contributed by atoms with Gasteiger partial charge in [-0.25, -0.2) is 9.78 Å². The zero-order chi connectivity index (χ0) is 16.2. The molecule has 1 heterocycles. The van der Waals surface area contributed by atoms with E-state index in [2.05, 4.69) is 15.6 Å². The molecule has 1 atom stereocenters. The van der Waals surface area contributed by atoms with E-state index < -0.39 is 11.3 Å². The number of urea groups is 1. The third kappa shape index (κ3) is 4.35. The highest BCUT2D eigenvalue weighted by Gasteiger charge is 2.25. The third-order valence-electron chi connectivity index (χ3n) is 3.35. The lowest BCUT2D eigenvalue weighted by molar-refractivity contribution is -0.119. The summed E-state index contributed by atoms with van der Waals surface area (Å²) in [6.45, 7) is 1.71. The fourth-order valence-corrected chi connectivity index (χ4v) is 2.64. The van der Waals surface area contributed by atoms with Gasteiger partial charge < -0.3 is 9.73 Å². The van der Waals surface area contributed by atoms with Crippen LogP contribution in [0.15, 0.2) is 46.2 Å². The summed E-state index contributed by atoms with van der Waals surface area (Å²) in [7, 11) is 0. The first-order chi connectivity index (χ1) is 11.1. The van der Waals surface area contributed by atoms with E-state index in [9.17, 15) is 9.59 Å². The molecule has 1 saturated carbocycles. The van der Waals surface area contributed by atoms with Crippen LogP contribution in [0.25, 0.3) is 11.3 Å². The molecular formula is C16H17N3O3S. The first-order valence-corrected chi connectivity index (χ1v) is 8.29. The maximum Gasteiger partial charge on any atom is 0.321 e. The van der Waals surface area contributed by atoms with Crippen LogP contribution in [0.2, 0.25) is 0 Å². The van der Waals surface area contributed by atoms with Crippen LogP contribution in [0.3, 0.4) is 0 Å². The Labute approximate surface area is 138 Å². The predicted octanol–water partition coefficient (Wildman–Crippen LogP) is 2.81. The number of carbonyl (C=O) groups is 2. The number of hydrogen-bond donors (Lipinski definition) is 2. The van der Waals surface area contributed by atoms with Crippen molar-refractivity contribution in [1.82, 2.24) is 15.6 Å². The molecule has 7 heteroatoms. The molecule has 1 fully saturated rings. The highest BCUT2D eigenvalue weighted by Crippen LogP contribution is 2.26. The molecule has 2 aromatic rings. The second-order valence-corrected chi connectivity index (χ2v) is 6.65. The van der Waals surface area contributed by atoms with E-state index in [1.54, 1.807) is 13.2 Å². The van der Waals surface area contributed by atoms with Crippen LogP contribution in [0.4, 0.5) is 4.79 Å². The Bertz CT molecular complexity index is 698. The van der Waals surface area contributed by atoms with Crippen LogP contribution in [-0.4, -0.2) is 28.2 Å². The zero-order valence-corrected chi connectivity index (χ0v) is 13.4. The lowest BCUT2D eigenvalue weighted by Gasteiger charge is -2.09. The number of thioether (sulfide) groups is 1. The molecule has 3 amide bonds. The SMILES string of the molecule is C[C@H](Sc1nc(-c2ccccc2)co1)C(=O)NC(=O)NC1CC1. The van der Waals surface area contributed by atoms with E-state index >= 15 is 0 Å². The molecule has 23 heavy (non-hydrogen) atoms. The van der Waals surface area contributed by atoms with E-state index in [0.717, 1.165) is 18.4 Å². The summed E-state index contributed by atoms with van der Waals surface area (Å²) >= 11 is 1.17. The summed E-state index contributed by atoms with van der Waals surface area (Å²) in [5.74, 6) is -0.368. The van der Waals surface area contributed by atoms with Crippen LogP contribution in [-0.2, 0) is 4.79 Å². The summed E-state index contributed by atoms with van der Waals surface area (Å²) in [6.07, 6.45) is 3.51. The third-order valence-corrected chi connectivity index (χ3v) is 4.31. The molecule has 0 spiro atoms. The number of rotatable bonds is 5. The molecule has 1 aromatic heterocycles. The molecule has 0 saturated heterocycles. The number of hydrogen-bond acceptors (Lipinski definition) is 5. The van der Waals surface area contributed by atoms with Gasteiger partial charge in [0.2, 0.25) is 5.91 Å². The van der Waals surface area contributed by atoms with Crippen molar-refractivity contribution < 1.29 is 14.0 Å². The van der Waals surface area contributed by atoms with Crippen molar-refractivity contribution in [1.29, 1.82) is 0 Å². The lowest BCUT2D eigenvalue weighted by Crippen LogP contribution is -2.43. The van der Waals surface area contributed by atoms with Gasteiger partial charge in [0, 0.05) is 11.6 Å². The number of nitrogens with zero attached hydrogens (tertiary/aromatic N) is 1. The fourth-order valence-electron chi connectivity index (χ4n) is 1.92. The van der Waals surface area contributed by atoms with Crippen molar-refractivity contribution in [2.24, 2.45) is 0 Å². The Hall–Kier alpha value is -2.28. The van der Waals surface area contributed by atoms with Crippen molar-refractivity contribution >= 4 is 23.7 Å². The molecule has 0 unspecified atom stereocenters. The first kappa shape index (κ1) is 15.6. The van der Waals surface area contributed by atoms with E-state index in [0.29, 0.717) is 10.9 Å². The van der Waals surface area contributed by atoms with Crippen LogP contribution in [0, 0.1) is 0 Å². The van der Waals surface area contributed by atoms with Gasteiger partial charge in [-0.05, 0) is 19.8 Å². The molecule has 2 N–H and O–H groups in total. The number of amides is 3. The number of carbonyl (C=O) groups excluding carboxylic acids is 2. The number of imide groups is 1. The highest BCUT2D eigenvalue weighted by molar-refractivity contribution is 8.00. The number of benzene rings is 1. The second kappa shape index (κ2) is 6.87. The maximum atomic E-state index is 12.0. The maximum absolute atomic E-state index is 12.0. The van der Waals surface area contributed by atoms with Gasteiger partial charge in [0.05, 0.1) is 5.25 Å². The molecule has 120 valence electrons. The van der Waals surface area contributed by atoms with Crippen LogP contribution in [0.5, 0.6) is 0 Å². The Kier molecular flexibility index (Phi) is 4.66. The largest absolute Gasteiger partial charge is 0.439 e. The van der Waals surface area contributed by atoms with Gasteiger partial charge in [0.25, 0.3) is 5.22 Å². The summed E-state index contributed by atoms with van der Waals surface area (Å²) in [5, 5.41) is 4.95. The minimum atomic E-state index is -0.484. The van der Waals surface area contributed by atoms with Gasteiger partial charge in [-0.2, -0.15) is 0 Å². The normalized spacial score (nSPS) is 15.0. The van der Waals surface area contributed by atoms with Crippen LogP contribution in [0.1, 0.15) is 19.8 Å². The molecule has 0 radical (unpaired) electrons. The quantitative estimate of drug-likeness (QED) is 0.823. The summed E-state index contributed by atoms with van der Waals surface area (Å²) in [4.78, 5) is 27.9. The fraction of sp³-hybridized carbons (Fsp3) is 0.312. The average Bonchev–Trinajstić information content (AvgIpc) is 3.23. The predicted molar refractivity (Wildman–Crippen MR) is 87.0 cm³/mol. The molecular weight excluding hydrogens is 314 g/mol. The molecule has 6 nitrogen and oxygen atoms in total. The average molecular weight is 331 g/mol. The number of nitrogens with one attached hydrogen (secondary N) is 2. The minimum Gasteiger partial charge on any atom is -0.439 e. The first-order valence-electron chi connectivity index (χ1n) is 7.41. The smallest absolute Gasteiger partial charge is 0.321 e. The Morgan fingerprint density at radius 2 is 2.04 bits per heavy atom. The highest BCUT2D eigenvalue weighted by atomic mass is 32.2. The standard InChI is InChI=1S/C16H17N3O3S/c1-10(14(20)19-15(21)17-12-7-8-12)23-16-18-13(9-22-16)11-5-3-2-4-6-11/h2-6,9-10,12H,7-8H2,1H3,(H2,17,19,20,21)/t10-/m0/s1. The monoisotopic (exact) mass is 331 g/mol. The van der Waals surface area contributed by atoms with Gasteiger partial charge in [-0.15, -0.1) is 0 Å². The van der Waals surface area contributed by atoms with Gasteiger partial charge >= 0.3 is 6.03 Å². The van der Waals surface area contributed by atoms with E-state index in [4.69, 9.17) is 4.42 Å². The van der Waals surface area contributed by atoms with Gasteiger partial charge in [-0.1, -0.05) is 42.1 Å².